The molecule has 3 amide bonds. The van der Waals surface area contributed by atoms with E-state index in [-0.39, 0.29) is 23.2 Å². The number of nitrogens with one attached hydrogen (secondary N) is 1. The molecule has 1 atom stereocenters. The minimum Gasteiger partial charge on any atom is -0.324 e. The molecule has 0 bridgehead atoms. The number of rotatable bonds is 2. The summed E-state index contributed by atoms with van der Waals surface area (Å²) in [4.78, 5) is 28.7. The fourth-order valence-electron chi connectivity index (χ4n) is 4.04. The predicted octanol–water partition coefficient (Wildman–Crippen LogP) is 3.80. The number of amides is 3. The number of hydrogen-bond acceptors (Lipinski definition) is 2. The van der Waals surface area contributed by atoms with Gasteiger partial charge in [-0.1, -0.05) is 12.1 Å². The first-order valence-electron chi connectivity index (χ1n) is 9.13. The highest BCUT2D eigenvalue weighted by molar-refractivity contribution is 5.97. The van der Waals surface area contributed by atoms with E-state index in [1.165, 1.54) is 24.3 Å². The molecule has 2 heterocycles. The van der Waals surface area contributed by atoms with E-state index in [0.29, 0.717) is 31.7 Å². The smallest absolute Gasteiger partial charge is 0.321 e. The minimum atomic E-state index is -0.339. The van der Waals surface area contributed by atoms with Crippen molar-refractivity contribution in [2.45, 2.75) is 19.8 Å². The van der Waals surface area contributed by atoms with Crippen LogP contribution in [0.5, 0.6) is 0 Å². The molecule has 0 aliphatic carbocycles. The van der Waals surface area contributed by atoms with Gasteiger partial charge in [0.25, 0.3) is 0 Å². The normalized spacial score (nSPS) is 21.9. The maximum Gasteiger partial charge on any atom is 0.321 e. The summed E-state index contributed by atoms with van der Waals surface area (Å²) in [6.45, 7) is 3.81. The largest absolute Gasteiger partial charge is 0.324 e. The number of urea groups is 1. The maximum absolute atomic E-state index is 13.0. The van der Waals surface area contributed by atoms with Gasteiger partial charge in [0.2, 0.25) is 5.91 Å². The standard InChI is InChI=1S/C21H22FN3O2/c1-15-3-2-4-18(11-15)25-14-21(12-19(25)26)9-10-24(13-21)20(27)23-17-7-5-16(22)6-8-17/h2-8,11H,9-10,12-14H2,1H3,(H,23,27)/t21-/m1/s1. The molecule has 0 radical (unpaired) electrons. The number of carbonyl (C=O) groups is 2. The Morgan fingerprint density at radius 3 is 2.67 bits per heavy atom. The molecule has 2 aliphatic heterocycles. The highest BCUT2D eigenvalue weighted by Gasteiger charge is 2.48. The van der Waals surface area contributed by atoms with Gasteiger partial charge in [-0.3, -0.25) is 4.79 Å². The van der Waals surface area contributed by atoms with Crippen LogP contribution in [0.4, 0.5) is 20.6 Å². The van der Waals surface area contributed by atoms with E-state index >= 15 is 0 Å². The van der Waals surface area contributed by atoms with Crippen LogP contribution in [0.3, 0.4) is 0 Å². The van der Waals surface area contributed by atoms with Gasteiger partial charge in [0.15, 0.2) is 0 Å². The molecule has 2 saturated heterocycles. The fourth-order valence-corrected chi connectivity index (χ4v) is 4.04. The lowest BCUT2D eigenvalue weighted by Gasteiger charge is -2.24. The molecule has 27 heavy (non-hydrogen) atoms. The van der Waals surface area contributed by atoms with Crippen molar-refractivity contribution in [1.82, 2.24) is 4.90 Å². The molecular weight excluding hydrogens is 345 g/mol. The number of nitrogens with zero attached hydrogens (tertiary/aromatic N) is 2. The molecular formula is C21H22FN3O2. The van der Waals surface area contributed by atoms with Gasteiger partial charge < -0.3 is 15.1 Å². The highest BCUT2D eigenvalue weighted by atomic mass is 19.1. The van der Waals surface area contributed by atoms with Crippen molar-refractivity contribution in [2.75, 3.05) is 29.9 Å². The molecule has 1 N–H and O–H groups in total. The van der Waals surface area contributed by atoms with Gasteiger partial charge in [-0.25, -0.2) is 9.18 Å². The molecule has 5 nitrogen and oxygen atoms in total. The fraction of sp³-hybridized carbons (Fsp3) is 0.333. The molecule has 2 fully saturated rings. The van der Waals surface area contributed by atoms with Crippen LogP contribution in [0, 0.1) is 18.2 Å². The van der Waals surface area contributed by atoms with Gasteiger partial charge in [-0.05, 0) is 55.3 Å². The van der Waals surface area contributed by atoms with Crippen LogP contribution in [-0.4, -0.2) is 36.5 Å². The molecule has 0 unspecified atom stereocenters. The van der Waals surface area contributed by atoms with Crippen molar-refractivity contribution < 1.29 is 14.0 Å². The summed E-state index contributed by atoms with van der Waals surface area (Å²) in [5.41, 5.74) is 2.41. The van der Waals surface area contributed by atoms with Gasteiger partial charge in [0.05, 0.1) is 0 Å². The summed E-state index contributed by atoms with van der Waals surface area (Å²) in [5, 5.41) is 2.80. The third-order valence-corrected chi connectivity index (χ3v) is 5.46. The van der Waals surface area contributed by atoms with Crippen molar-refractivity contribution in [3.63, 3.8) is 0 Å². The molecule has 2 aromatic carbocycles. The summed E-state index contributed by atoms with van der Waals surface area (Å²) >= 11 is 0. The molecule has 1 spiro atoms. The predicted molar refractivity (Wildman–Crippen MR) is 102 cm³/mol. The highest BCUT2D eigenvalue weighted by Crippen LogP contribution is 2.42. The zero-order valence-electron chi connectivity index (χ0n) is 15.2. The van der Waals surface area contributed by atoms with Crippen LogP contribution < -0.4 is 10.2 Å². The first-order valence-corrected chi connectivity index (χ1v) is 9.13. The zero-order chi connectivity index (χ0) is 19.0. The van der Waals surface area contributed by atoms with Gasteiger partial charge in [-0.15, -0.1) is 0 Å². The molecule has 6 heteroatoms. The lowest BCUT2D eigenvalue weighted by molar-refractivity contribution is -0.117. The zero-order valence-corrected chi connectivity index (χ0v) is 15.2. The Kier molecular flexibility index (Phi) is 4.34. The van der Waals surface area contributed by atoms with Crippen LogP contribution in [0.1, 0.15) is 18.4 Å². The van der Waals surface area contributed by atoms with Crippen molar-refractivity contribution >= 4 is 23.3 Å². The van der Waals surface area contributed by atoms with Gasteiger partial charge in [0.1, 0.15) is 5.82 Å². The second kappa shape index (κ2) is 6.68. The summed E-state index contributed by atoms with van der Waals surface area (Å²) in [7, 11) is 0. The molecule has 2 aliphatic rings. The van der Waals surface area contributed by atoms with Gasteiger partial charge >= 0.3 is 6.03 Å². The van der Waals surface area contributed by atoms with E-state index in [4.69, 9.17) is 0 Å². The number of anilines is 2. The molecule has 2 aromatic rings. The van der Waals surface area contributed by atoms with E-state index < -0.39 is 0 Å². The van der Waals surface area contributed by atoms with Crippen LogP contribution in [0.25, 0.3) is 0 Å². The molecule has 140 valence electrons. The van der Waals surface area contributed by atoms with Gasteiger partial charge in [-0.2, -0.15) is 0 Å². The first kappa shape index (κ1) is 17.5. The Morgan fingerprint density at radius 2 is 1.93 bits per heavy atom. The number of likely N-dealkylation sites (tertiary alicyclic amines) is 1. The van der Waals surface area contributed by atoms with Crippen LogP contribution in [0.15, 0.2) is 48.5 Å². The van der Waals surface area contributed by atoms with E-state index in [1.807, 2.05) is 36.1 Å². The van der Waals surface area contributed by atoms with Crippen molar-refractivity contribution in [1.29, 1.82) is 0 Å². The maximum atomic E-state index is 13.0. The lowest BCUT2D eigenvalue weighted by Crippen LogP contribution is -2.36. The third kappa shape index (κ3) is 3.52. The summed E-state index contributed by atoms with van der Waals surface area (Å²) in [6, 6.07) is 13.4. The SMILES string of the molecule is Cc1cccc(N2C[C@]3(CCN(C(=O)Nc4ccc(F)cc4)C3)CC2=O)c1. The Labute approximate surface area is 157 Å². The topological polar surface area (TPSA) is 52.6 Å². The number of halogens is 1. The van der Waals surface area contributed by atoms with Crippen molar-refractivity contribution in [3.05, 3.63) is 59.9 Å². The van der Waals surface area contributed by atoms with E-state index in [9.17, 15) is 14.0 Å². The Bertz CT molecular complexity index is 883. The summed E-state index contributed by atoms with van der Waals surface area (Å²) < 4.78 is 13.0. The summed E-state index contributed by atoms with van der Waals surface area (Å²) in [5.74, 6) is -0.227. The minimum absolute atomic E-state index is 0.112. The number of aryl methyl sites for hydroxylation is 1. The van der Waals surface area contributed by atoms with Crippen molar-refractivity contribution in [3.8, 4) is 0 Å². The Hall–Kier alpha value is -2.89. The average molecular weight is 367 g/mol. The van der Waals surface area contributed by atoms with Crippen LogP contribution in [-0.2, 0) is 4.79 Å². The number of hydrogen-bond donors (Lipinski definition) is 1. The first-order chi connectivity index (χ1) is 12.9. The molecule has 0 saturated carbocycles. The second-order valence-corrected chi connectivity index (χ2v) is 7.60. The van der Waals surface area contributed by atoms with Gasteiger partial charge in [0, 0.05) is 42.8 Å². The average Bonchev–Trinajstić information content (AvgIpc) is 3.20. The number of benzene rings is 2. The lowest BCUT2D eigenvalue weighted by atomic mass is 9.86. The van der Waals surface area contributed by atoms with E-state index in [2.05, 4.69) is 5.32 Å². The second-order valence-electron chi connectivity index (χ2n) is 7.60. The van der Waals surface area contributed by atoms with Crippen molar-refractivity contribution in [2.24, 2.45) is 5.41 Å². The quantitative estimate of drug-likeness (QED) is 0.878. The monoisotopic (exact) mass is 367 g/mol. The van der Waals surface area contributed by atoms with E-state index in [0.717, 1.165) is 17.7 Å². The van der Waals surface area contributed by atoms with Crippen LogP contribution >= 0.6 is 0 Å². The Morgan fingerprint density at radius 1 is 1.15 bits per heavy atom. The third-order valence-electron chi connectivity index (χ3n) is 5.46. The molecule has 4 rings (SSSR count). The van der Waals surface area contributed by atoms with E-state index in [1.54, 1.807) is 4.90 Å². The van der Waals surface area contributed by atoms with Crippen LogP contribution in [0.2, 0.25) is 0 Å². The molecule has 0 aromatic heterocycles. The Balaban J connectivity index is 1.43. The number of carbonyl (C=O) groups excluding carboxylic acids is 2. The summed E-state index contributed by atoms with van der Waals surface area (Å²) in [6.07, 6.45) is 1.26.